The molecule has 0 saturated heterocycles. The van der Waals surface area contributed by atoms with Gasteiger partial charge in [0.15, 0.2) is 5.65 Å². The van der Waals surface area contributed by atoms with Crippen LogP contribution >= 0.6 is 0 Å². The Morgan fingerprint density at radius 1 is 1.09 bits per heavy atom. The van der Waals surface area contributed by atoms with Gasteiger partial charge in [-0.05, 0) is 36.6 Å². The van der Waals surface area contributed by atoms with Gasteiger partial charge in [0.25, 0.3) is 5.56 Å². The number of hydrogen-bond donors (Lipinski definition) is 2. The summed E-state index contributed by atoms with van der Waals surface area (Å²) in [5.74, 6) is 1.38. The number of anilines is 1. The first-order valence-corrected chi connectivity index (χ1v) is 10.6. The maximum absolute atomic E-state index is 13.2. The van der Waals surface area contributed by atoms with Crippen LogP contribution in [-0.2, 0) is 6.42 Å². The first-order valence-electron chi connectivity index (χ1n) is 10.6. The van der Waals surface area contributed by atoms with Crippen LogP contribution in [0.15, 0.2) is 71.8 Å². The smallest absolute Gasteiger partial charge is 0.267 e. The average molecular weight is 424 g/mol. The van der Waals surface area contributed by atoms with Crippen molar-refractivity contribution in [3.05, 3.63) is 82.9 Å². The molecule has 5 aromatic rings. The van der Waals surface area contributed by atoms with Crippen LogP contribution in [0.4, 0.5) is 5.95 Å². The van der Waals surface area contributed by atoms with E-state index < -0.39 is 0 Å². The number of ether oxygens (including phenoxy) is 1. The van der Waals surface area contributed by atoms with Gasteiger partial charge in [-0.25, -0.2) is 4.98 Å². The van der Waals surface area contributed by atoms with Crippen molar-refractivity contribution in [1.29, 1.82) is 0 Å². The summed E-state index contributed by atoms with van der Waals surface area (Å²) in [5.41, 5.74) is 2.87. The molecule has 1 atom stereocenters. The lowest BCUT2D eigenvalue weighted by Crippen LogP contribution is -2.30. The number of nitrogens with one attached hydrogen (secondary N) is 2. The van der Waals surface area contributed by atoms with Gasteiger partial charge in [-0.1, -0.05) is 36.4 Å². The maximum atomic E-state index is 13.2. The summed E-state index contributed by atoms with van der Waals surface area (Å²) in [7, 11) is 0. The lowest BCUT2D eigenvalue weighted by atomic mass is 10.0. The summed E-state index contributed by atoms with van der Waals surface area (Å²) in [6.45, 7) is 0.570. The zero-order valence-electron chi connectivity index (χ0n) is 17.2. The van der Waals surface area contributed by atoms with Crippen molar-refractivity contribution >= 4 is 27.9 Å². The van der Waals surface area contributed by atoms with Gasteiger partial charge < -0.3 is 10.1 Å². The van der Waals surface area contributed by atoms with E-state index in [9.17, 15) is 4.79 Å². The molecule has 158 valence electrons. The molecular weight excluding hydrogens is 404 g/mol. The number of benzene rings is 2. The number of fused-ring (bicyclic) bond motifs is 4. The van der Waals surface area contributed by atoms with Crippen LogP contribution in [0.3, 0.4) is 0 Å². The zero-order valence-corrected chi connectivity index (χ0v) is 17.2. The topological polar surface area (TPSA) is 97.7 Å². The normalized spacial score (nSPS) is 15.4. The SMILES string of the molecule is O=c1c2c[nH]nc2c2cnc(NCC3CCc4ccccc4O3)nc2n1-c1ccccc1. The van der Waals surface area contributed by atoms with Crippen molar-refractivity contribution in [3.63, 3.8) is 0 Å². The monoisotopic (exact) mass is 424 g/mol. The van der Waals surface area contributed by atoms with Crippen LogP contribution in [0.1, 0.15) is 12.0 Å². The third-order valence-corrected chi connectivity index (χ3v) is 5.81. The van der Waals surface area contributed by atoms with Crippen molar-refractivity contribution in [3.8, 4) is 11.4 Å². The molecule has 1 unspecified atom stereocenters. The number of para-hydroxylation sites is 2. The Bertz CT molecular complexity index is 1490. The van der Waals surface area contributed by atoms with Gasteiger partial charge in [0.2, 0.25) is 5.95 Å². The number of rotatable bonds is 4. The summed E-state index contributed by atoms with van der Waals surface area (Å²) in [6, 6.07) is 17.6. The lowest BCUT2D eigenvalue weighted by molar-refractivity contribution is 0.185. The van der Waals surface area contributed by atoms with Gasteiger partial charge in [-0.15, -0.1) is 0 Å². The Hall–Kier alpha value is -4.20. The second-order valence-corrected chi connectivity index (χ2v) is 7.82. The van der Waals surface area contributed by atoms with Crippen LogP contribution < -0.4 is 15.6 Å². The average Bonchev–Trinajstić information content (AvgIpc) is 3.34. The highest BCUT2D eigenvalue weighted by Crippen LogP contribution is 2.27. The van der Waals surface area contributed by atoms with Crippen LogP contribution in [0.5, 0.6) is 5.75 Å². The largest absolute Gasteiger partial charge is 0.488 e. The molecule has 0 spiro atoms. The molecule has 6 rings (SSSR count). The molecule has 4 heterocycles. The summed E-state index contributed by atoms with van der Waals surface area (Å²) in [4.78, 5) is 22.4. The fourth-order valence-electron chi connectivity index (χ4n) is 4.22. The van der Waals surface area contributed by atoms with Crippen molar-refractivity contribution < 1.29 is 4.74 Å². The van der Waals surface area contributed by atoms with Crippen LogP contribution in [0, 0.1) is 0 Å². The third kappa shape index (κ3) is 3.08. The van der Waals surface area contributed by atoms with E-state index in [0.717, 1.165) is 24.3 Å². The van der Waals surface area contributed by atoms with Gasteiger partial charge in [-0.3, -0.25) is 14.5 Å². The zero-order chi connectivity index (χ0) is 21.5. The Morgan fingerprint density at radius 2 is 1.94 bits per heavy atom. The summed E-state index contributed by atoms with van der Waals surface area (Å²) in [6.07, 6.45) is 5.24. The molecule has 32 heavy (non-hydrogen) atoms. The number of aromatic nitrogens is 5. The first-order chi connectivity index (χ1) is 15.8. The maximum Gasteiger partial charge on any atom is 0.267 e. The lowest BCUT2D eigenvalue weighted by Gasteiger charge is -2.26. The minimum Gasteiger partial charge on any atom is -0.488 e. The third-order valence-electron chi connectivity index (χ3n) is 5.81. The van der Waals surface area contributed by atoms with E-state index in [4.69, 9.17) is 9.72 Å². The summed E-state index contributed by atoms with van der Waals surface area (Å²) < 4.78 is 7.72. The minimum atomic E-state index is -0.177. The van der Waals surface area contributed by atoms with E-state index in [-0.39, 0.29) is 11.7 Å². The Kier molecular flexibility index (Phi) is 4.34. The number of nitrogens with zero attached hydrogens (tertiary/aromatic N) is 4. The second-order valence-electron chi connectivity index (χ2n) is 7.82. The summed E-state index contributed by atoms with van der Waals surface area (Å²) in [5, 5.41) is 11.5. The van der Waals surface area contributed by atoms with Gasteiger partial charge in [0.1, 0.15) is 17.4 Å². The quantitative estimate of drug-likeness (QED) is 0.459. The number of hydrogen-bond acceptors (Lipinski definition) is 6. The molecule has 0 aliphatic carbocycles. The standard InChI is InChI=1S/C24H20N6O2/c31-23-19-14-27-29-21(19)18-13-26-24(28-22(18)30(23)16-7-2-1-3-8-16)25-12-17-11-10-15-6-4-5-9-20(15)32-17/h1-9,13-14,17H,10-12H2,(H,27,29)(H,25,26,28). The molecule has 0 fully saturated rings. The Balaban J connectivity index is 1.37. The number of aromatic amines is 1. The molecule has 8 nitrogen and oxygen atoms in total. The van der Waals surface area contributed by atoms with E-state index in [1.165, 1.54) is 5.56 Å². The molecule has 0 amide bonds. The van der Waals surface area contributed by atoms with Gasteiger partial charge in [0.05, 0.1) is 23.0 Å². The van der Waals surface area contributed by atoms with E-state index in [2.05, 4.69) is 26.6 Å². The molecule has 8 heteroatoms. The van der Waals surface area contributed by atoms with Gasteiger partial charge in [-0.2, -0.15) is 10.1 Å². The molecule has 1 aliphatic heterocycles. The molecule has 1 aliphatic rings. The van der Waals surface area contributed by atoms with Gasteiger partial charge >= 0.3 is 0 Å². The van der Waals surface area contributed by atoms with Crippen molar-refractivity contribution in [2.45, 2.75) is 18.9 Å². The predicted octanol–water partition coefficient (Wildman–Crippen LogP) is 3.46. The number of aryl methyl sites for hydroxylation is 1. The highest BCUT2D eigenvalue weighted by Gasteiger charge is 2.20. The second kappa shape index (κ2) is 7.49. The van der Waals surface area contributed by atoms with Crippen molar-refractivity contribution in [1.82, 2.24) is 24.7 Å². The molecule has 0 radical (unpaired) electrons. The molecule has 0 bridgehead atoms. The number of H-pyrrole nitrogens is 1. The van der Waals surface area contributed by atoms with Crippen LogP contribution in [0.25, 0.3) is 27.6 Å². The number of pyridine rings is 1. The summed E-state index contributed by atoms with van der Waals surface area (Å²) >= 11 is 0. The van der Waals surface area contributed by atoms with Crippen molar-refractivity contribution in [2.24, 2.45) is 0 Å². The van der Waals surface area contributed by atoms with E-state index >= 15 is 0 Å². The highest BCUT2D eigenvalue weighted by atomic mass is 16.5. The molecule has 3 aromatic heterocycles. The van der Waals surface area contributed by atoms with E-state index in [1.807, 2.05) is 48.5 Å². The molecular formula is C24H20N6O2. The fourth-order valence-corrected chi connectivity index (χ4v) is 4.22. The minimum absolute atomic E-state index is 0.0225. The first kappa shape index (κ1) is 18.6. The van der Waals surface area contributed by atoms with Crippen LogP contribution in [0.2, 0.25) is 0 Å². The molecule has 2 aromatic carbocycles. The Morgan fingerprint density at radius 3 is 2.84 bits per heavy atom. The highest BCUT2D eigenvalue weighted by molar-refractivity contribution is 6.02. The Labute approximate surface area is 182 Å². The molecule has 2 N–H and O–H groups in total. The van der Waals surface area contributed by atoms with E-state index in [0.29, 0.717) is 34.4 Å². The molecule has 0 saturated carbocycles. The van der Waals surface area contributed by atoms with Crippen LogP contribution in [-0.4, -0.2) is 37.4 Å². The van der Waals surface area contributed by atoms with Gasteiger partial charge in [0, 0.05) is 12.4 Å². The van der Waals surface area contributed by atoms with Crippen molar-refractivity contribution in [2.75, 3.05) is 11.9 Å². The predicted molar refractivity (Wildman–Crippen MR) is 122 cm³/mol. The van der Waals surface area contributed by atoms with E-state index in [1.54, 1.807) is 17.0 Å². The fraction of sp³-hybridized carbons (Fsp3) is 0.167.